The Balaban J connectivity index is 1.46. The van der Waals surface area contributed by atoms with Gasteiger partial charge in [-0.1, -0.05) is 17.7 Å². The van der Waals surface area contributed by atoms with E-state index in [9.17, 15) is 0 Å². The first-order valence-corrected chi connectivity index (χ1v) is 7.13. The van der Waals surface area contributed by atoms with Gasteiger partial charge < -0.3 is 9.64 Å². The van der Waals surface area contributed by atoms with Crippen molar-refractivity contribution in [3.05, 3.63) is 53.9 Å². The molecule has 0 radical (unpaired) electrons. The molecule has 0 atom stereocenters. The average molecular weight is 301 g/mol. The Labute approximate surface area is 126 Å². The summed E-state index contributed by atoms with van der Waals surface area (Å²) >= 11 is 5.96. The lowest BCUT2D eigenvalue weighted by Gasteiger charge is -2.40. The van der Waals surface area contributed by atoms with E-state index < -0.39 is 0 Å². The number of benzene rings is 1. The number of rotatable bonds is 3. The molecule has 0 spiro atoms. The number of halogens is 1. The molecule has 1 aliphatic heterocycles. The van der Waals surface area contributed by atoms with Crippen LogP contribution in [0.25, 0.3) is 5.78 Å². The van der Waals surface area contributed by atoms with Crippen molar-refractivity contribution in [2.75, 3.05) is 18.0 Å². The summed E-state index contributed by atoms with van der Waals surface area (Å²) in [7, 11) is 0. The van der Waals surface area contributed by atoms with Crippen LogP contribution < -0.4 is 9.64 Å². The Kier molecular flexibility index (Phi) is 2.93. The lowest BCUT2D eigenvalue weighted by molar-refractivity contribution is 0.166. The second-order valence-corrected chi connectivity index (χ2v) is 5.44. The molecule has 0 saturated carbocycles. The number of hydrogen-bond acceptors (Lipinski definition) is 4. The van der Waals surface area contributed by atoms with Gasteiger partial charge in [-0.3, -0.25) is 4.40 Å². The van der Waals surface area contributed by atoms with E-state index in [0.29, 0.717) is 10.8 Å². The number of anilines is 1. The summed E-state index contributed by atoms with van der Waals surface area (Å²) in [5.74, 6) is 2.62. The molecule has 4 rings (SSSR count). The molecule has 0 amide bonds. The van der Waals surface area contributed by atoms with Gasteiger partial charge in [0.25, 0.3) is 0 Å². The van der Waals surface area contributed by atoms with E-state index >= 15 is 0 Å². The summed E-state index contributed by atoms with van der Waals surface area (Å²) < 4.78 is 7.89. The molecule has 21 heavy (non-hydrogen) atoms. The third-order valence-corrected chi connectivity index (χ3v) is 3.79. The minimum atomic E-state index is 0.176. The highest BCUT2D eigenvalue weighted by Gasteiger charge is 2.30. The highest BCUT2D eigenvalue weighted by Crippen LogP contribution is 2.25. The topological polar surface area (TPSA) is 42.7 Å². The van der Waals surface area contributed by atoms with Crippen molar-refractivity contribution in [3.63, 3.8) is 0 Å². The van der Waals surface area contributed by atoms with Crippen LogP contribution in [0, 0.1) is 0 Å². The first-order valence-electron chi connectivity index (χ1n) is 6.75. The Bertz CT molecular complexity index is 782. The second-order valence-electron chi connectivity index (χ2n) is 5.00. The molecular weight excluding hydrogens is 288 g/mol. The molecule has 0 bridgehead atoms. The minimum absolute atomic E-state index is 0.176. The van der Waals surface area contributed by atoms with Gasteiger partial charge >= 0.3 is 0 Å². The predicted molar refractivity (Wildman–Crippen MR) is 81.1 cm³/mol. The number of aromatic nitrogens is 3. The third-order valence-electron chi connectivity index (χ3n) is 3.55. The van der Waals surface area contributed by atoms with Crippen LogP contribution in [-0.2, 0) is 0 Å². The largest absolute Gasteiger partial charge is 0.487 e. The van der Waals surface area contributed by atoms with Gasteiger partial charge in [-0.05, 0) is 24.3 Å². The first-order chi connectivity index (χ1) is 10.3. The normalized spacial score (nSPS) is 15.2. The highest BCUT2D eigenvalue weighted by molar-refractivity contribution is 6.30. The lowest BCUT2D eigenvalue weighted by Crippen LogP contribution is -2.54. The summed E-state index contributed by atoms with van der Waals surface area (Å²) in [4.78, 5) is 10.7. The highest BCUT2D eigenvalue weighted by atomic mass is 35.5. The van der Waals surface area contributed by atoms with Crippen LogP contribution in [0.15, 0.2) is 48.9 Å². The Hall–Kier alpha value is -2.27. The number of hydrogen-bond donors (Lipinski definition) is 0. The maximum Gasteiger partial charge on any atom is 0.235 e. The zero-order chi connectivity index (χ0) is 14.2. The molecule has 1 saturated heterocycles. The zero-order valence-electron chi connectivity index (χ0n) is 11.2. The fourth-order valence-corrected chi connectivity index (χ4v) is 2.69. The van der Waals surface area contributed by atoms with Crippen molar-refractivity contribution < 1.29 is 4.74 Å². The molecule has 106 valence electrons. The van der Waals surface area contributed by atoms with Gasteiger partial charge in [0.05, 0.1) is 13.1 Å². The molecular formula is C15H13ClN4O. The van der Waals surface area contributed by atoms with Gasteiger partial charge in [0.2, 0.25) is 5.78 Å². The van der Waals surface area contributed by atoms with Crippen LogP contribution in [0.3, 0.4) is 0 Å². The maximum absolute atomic E-state index is 5.96. The molecule has 3 aromatic rings. The van der Waals surface area contributed by atoms with Crippen LogP contribution in [0.4, 0.5) is 5.82 Å². The van der Waals surface area contributed by atoms with Gasteiger partial charge in [-0.2, -0.15) is 0 Å². The van der Waals surface area contributed by atoms with Gasteiger partial charge in [-0.25, -0.2) is 9.97 Å². The van der Waals surface area contributed by atoms with Crippen LogP contribution in [-0.4, -0.2) is 33.6 Å². The van der Waals surface area contributed by atoms with Crippen molar-refractivity contribution in [3.8, 4) is 5.75 Å². The summed E-state index contributed by atoms with van der Waals surface area (Å²) in [5.41, 5.74) is 0. The van der Waals surface area contributed by atoms with Gasteiger partial charge in [-0.15, -0.1) is 0 Å². The Morgan fingerprint density at radius 2 is 2.00 bits per heavy atom. The van der Waals surface area contributed by atoms with E-state index in [1.807, 2.05) is 40.9 Å². The van der Waals surface area contributed by atoms with Crippen LogP contribution in [0.2, 0.25) is 5.02 Å². The van der Waals surface area contributed by atoms with Crippen molar-refractivity contribution in [2.24, 2.45) is 0 Å². The molecule has 1 fully saturated rings. The standard InChI is InChI=1S/C15H13ClN4O/c16-11-2-1-3-12(8-11)21-13-9-19(10-13)14-4-5-17-15-18-6-7-20(14)15/h1-8,13H,9-10H2. The van der Waals surface area contributed by atoms with E-state index in [4.69, 9.17) is 16.3 Å². The Morgan fingerprint density at radius 3 is 2.86 bits per heavy atom. The lowest BCUT2D eigenvalue weighted by atomic mass is 10.1. The van der Waals surface area contributed by atoms with Gasteiger partial charge in [0.15, 0.2) is 0 Å². The fourth-order valence-electron chi connectivity index (χ4n) is 2.51. The summed E-state index contributed by atoms with van der Waals surface area (Å²) in [6.45, 7) is 1.67. The van der Waals surface area contributed by atoms with Gasteiger partial charge in [0, 0.05) is 23.6 Å². The van der Waals surface area contributed by atoms with E-state index in [-0.39, 0.29) is 6.10 Å². The quantitative estimate of drug-likeness (QED) is 0.746. The van der Waals surface area contributed by atoms with Crippen molar-refractivity contribution in [1.29, 1.82) is 0 Å². The second kappa shape index (κ2) is 4.93. The molecule has 1 aromatic carbocycles. The van der Waals surface area contributed by atoms with E-state index in [2.05, 4.69) is 14.9 Å². The number of imidazole rings is 1. The SMILES string of the molecule is Clc1cccc(OC2CN(c3ccnc4nccn34)C2)c1. The maximum atomic E-state index is 5.96. The fraction of sp³-hybridized carbons (Fsp3) is 0.200. The molecule has 0 aliphatic carbocycles. The van der Waals surface area contributed by atoms with Crippen LogP contribution in [0.1, 0.15) is 0 Å². The zero-order valence-corrected chi connectivity index (χ0v) is 11.9. The summed E-state index contributed by atoms with van der Waals surface area (Å²) in [6, 6.07) is 9.49. The van der Waals surface area contributed by atoms with E-state index in [1.165, 1.54) is 0 Å². The number of nitrogens with zero attached hydrogens (tertiary/aromatic N) is 4. The smallest absolute Gasteiger partial charge is 0.235 e. The molecule has 0 N–H and O–H groups in total. The summed E-state index contributed by atoms with van der Waals surface area (Å²) in [6.07, 6.45) is 5.63. The molecule has 5 nitrogen and oxygen atoms in total. The van der Waals surface area contributed by atoms with Crippen LogP contribution >= 0.6 is 11.6 Å². The first kappa shape index (κ1) is 12.5. The molecule has 0 unspecified atom stereocenters. The monoisotopic (exact) mass is 300 g/mol. The molecule has 1 aliphatic rings. The van der Waals surface area contributed by atoms with Crippen molar-refractivity contribution >= 4 is 23.2 Å². The van der Waals surface area contributed by atoms with Crippen molar-refractivity contribution in [1.82, 2.24) is 14.4 Å². The van der Waals surface area contributed by atoms with Gasteiger partial charge in [0.1, 0.15) is 17.7 Å². The summed E-state index contributed by atoms with van der Waals surface area (Å²) in [5, 5.41) is 0.693. The predicted octanol–water partition coefficient (Wildman–Crippen LogP) is 2.65. The Morgan fingerprint density at radius 1 is 1.14 bits per heavy atom. The van der Waals surface area contributed by atoms with E-state index in [0.717, 1.165) is 24.7 Å². The average Bonchev–Trinajstić information content (AvgIpc) is 2.91. The number of fused-ring (bicyclic) bond motifs is 1. The number of ether oxygens (including phenoxy) is 1. The third kappa shape index (κ3) is 2.29. The molecule has 3 heterocycles. The van der Waals surface area contributed by atoms with Crippen LogP contribution in [0.5, 0.6) is 5.75 Å². The molecule has 2 aromatic heterocycles. The minimum Gasteiger partial charge on any atom is -0.487 e. The van der Waals surface area contributed by atoms with Crippen molar-refractivity contribution in [2.45, 2.75) is 6.10 Å². The molecule has 6 heteroatoms. The van der Waals surface area contributed by atoms with E-state index in [1.54, 1.807) is 12.4 Å².